The van der Waals surface area contributed by atoms with Gasteiger partial charge in [0.25, 0.3) is 0 Å². The number of anilines is 2. The van der Waals surface area contributed by atoms with E-state index in [0.29, 0.717) is 37.0 Å². The number of amides is 2. The zero-order chi connectivity index (χ0) is 31.4. The van der Waals surface area contributed by atoms with Gasteiger partial charge in [-0.3, -0.25) is 4.79 Å². The number of H-pyrrole nitrogens is 1. The molecule has 1 saturated heterocycles. The molecule has 13 heteroatoms. The number of halogens is 3. The number of aromatic amines is 1. The summed E-state index contributed by atoms with van der Waals surface area (Å²) < 4.78 is 67.9. The molecule has 0 radical (unpaired) electrons. The molecule has 1 aliphatic rings. The van der Waals surface area contributed by atoms with Crippen LogP contribution < -0.4 is 21.1 Å². The van der Waals surface area contributed by atoms with E-state index >= 15 is 0 Å². The number of hydrogen-bond donors (Lipinski definition) is 3. The molecule has 1 aromatic heterocycles. The zero-order valence-electron chi connectivity index (χ0n) is 24.5. The van der Waals surface area contributed by atoms with Gasteiger partial charge in [-0.2, -0.15) is 13.2 Å². The minimum Gasteiger partial charge on any atom is -0.366 e. The van der Waals surface area contributed by atoms with Gasteiger partial charge >= 0.3 is 12.2 Å². The van der Waals surface area contributed by atoms with Crippen molar-refractivity contribution < 1.29 is 26.4 Å². The minimum atomic E-state index is -4.67. The second kappa shape index (κ2) is 14.5. The number of sulfonamides is 1. The Hall–Kier alpha value is -3.58. The van der Waals surface area contributed by atoms with Crippen molar-refractivity contribution in [3.63, 3.8) is 0 Å². The fourth-order valence-corrected chi connectivity index (χ4v) is 6.79. The Bertz CT molecular complexity index is 1590. The standard InChI is InChI=1S/C30H38F3N5O4S.CH4/c1-4-5-6-17-37(3)43(41,42)24-12-8-21(9-13-24)35-29(40)34-16-15-22-10-7-20(2)38(22)23-11-14-27-25(18-23)26(30(31,32)33)19-28(39)36-27;/h8-9,11-14,18-20,22H,4-7,10,15-17H2,1-3H3,(H,36,39)(H2,34,35,40);1H4/t20-,22-;/m1./s1. The minimum absolute atomic E-state index is 0. The Balaban J connectivity index is 0.00000529. The topological polar surface area (TPSA) is 115 Å². The Morgan fingerprint density at radius 2 is 1.80 bits per heavy atom. The second-order valence-corrected chi connectivity index (χ2v) is 13.0. The number of hydrogen-bond acceptors (Lipinski definition) is 5. The molecule has 4 rings (SSSR count). The molecule has 242 valence electrons. The van der Waals surface area contributed by atoms with Crippen LogP contribution in [0.5, 0.6) is 0 Å². The molecule has 44 heavy (non-hydrogen) atoms. The summed E-state index contributed by atoms with van der Waals surface area (Å²) in [5, 5.41) is 5.45. The molecule has 3 N–H and O–H groups in total. The third-order valence-corrected chi connectivity index (χ3v) is 9.75. The first-order chi connectivity index (χ1) is 20.3. The van der Waals surface area contributed by atoms with Crippen LogP contribution in [0.4, 0.5) is 29.3 Å². The van der Waals surface area contributed by atoms with Gasteiger partial charge in [-0.25, -0.2) is 17.5 Å². The van der Waals surface area contributed by atoms with Crippen molar-refractivity contribution in [1.29, 1.82) is 0 Å². The van der Waals surface area contributed by atoms with Crippen LogP contribution in [0.2, 0.25) is 0 Å². The number of urea groups is 1. The van der Waals surface area contributed by atoms with Crippen LogP contribution in [-0.4, -0.2) is 56.0 Å². The van der Waals surface area contributed by atoms with Crippen LogP contribution >= 0.6 is 0 Å². The zero-order valence-corrected chi connectivity index (χ0v) is 25.3. The third kappa shape index (κ3) is 8.12. The predicted molar refractivity (Wildman–Crippen MR) is 169 cm³/mol. The Morgan fingerprint density at radius 1 is 1.09 bits per heavy atom. The summed E-state index contributed by atoms with van der Waals surface area (Å²) in [6.45, 7) is 4.82. The molecular formula is C31H42F3N5O4S. The summed E-state index contributed by atoms with van der Waals surface area (Å²) in [5.74, 6) is 0. The van der Waals surface area contributed by atoms with E-state index in [2.05, 4.69) is 27.4 Å². The molecule has 2 aromatic carbocycles. The lowest BCUT2D eigenvalue weighted by Crippen LogP contribution is -2.38. The summed E-state index contributed by atoms with van der Waals surface area (Å²) >= 11 is 0. The van der Waals surface area contributed by atoms with E-state index in [0.717, 1.165) is 32.1 Å². The Morgan fingerprint density at radius 3 is 2.45 bits per heavy atom. The lowest BCUT2D eigenvalue weighted by molar-refractivity contribution is -0.136. The van der Waals surface area contributed by atoms with Crippen molar-refractivity contribution in [3.05, 3.63) is 64.4 Å². The van der Waals surface area contributed by atoms with E-state index in [1.807, 2.05) is 6.92 Å². The highest BCUT2D eigenvalue weighted by Gasteiger charge is 2.35. The predicted octanol–water partition coefficient (Wildman–Crippen LogP) is 6.56. The maximum Gasteiger partial charge on any atom is 0.417 e. The summed E-state index contributed by atoms with van der Waals surface area (Å²) in [6, 6.07) is 10.9. The quantitative estimate of drug-likeness (QED) is 0.206. The molecule has 1 aliphatic heterocycles. The largest absolute Gasteiger partial charge is 0.417 e. The number of fused-ring (bicyclic) bond motifs is 1. The summed E-state index contributed by atoms with van der Waals surface area (Å²) in [4.78, 5) is 29.0. The van der Waals surface area contributed by atoms with Crippen molar-refractivity contribution >= 4 is 38.3 Å². The third-order valence-electron chi connectivity index (χ3n) is 7.88. The van der Waals surface area contributed by atoms with Crippen LogP contribution in [0.1, 0.15) is 65.4 Å². The number of alkyl halides is 3. The average Bonchev–Trinajstić information content (AvgIpc) is 3.32. The molecule has 0 spiro atoms. The molecule has 0 bridgehead atoms. The van der Waals surface area contributed by atoms with Gasteiger partial charge < -0.3 is 20.5 Å². The monoisotopic (exact) mass is 637 g/mol. The van der Waals surface area contributed by atoms with E-state index in [1.54, 1.807) is 13.1 Å². The molecule has 2 heterocycles. The van der Waals surface area contributed by atoms with E-state index in [-0.39, 0.29) is 35.3 Å². The van der Waals surface area contributed by atoms with E-state index < -0.39 is 33.4 Å². The number of carbonyl (C=O) groups excluding carboxylic acids is 1. The van der Waals surface area contributed by atoms with Crippen LogP contribution in [0.3, 0.4) is 0 Å². The van der Waals surface area contributed by atoms with Crippen LogP contribution in [0.15, 0.2) is 58.2 Å². The second-order valence-electron chi connectivity index (χ2n) is 11.0. The maximum atomic E-state index is 13.7. The number of nitrogens with zero attached hydrogens (tertiary/aromatic N) is 2. The SMILES string of the molecule is C.CCCCCN(C)S(=O)(=O)c1ccc(NC(=O)NCC[C@H]2CC[C@@H](C)N2c2ccc3[nH]c(=O)cc(C(F)(F)F)c3c2)cc1. The van der Waals surface area contributed by atoms with Crippen molar-refractivity contribution in [2.45, 2.75) is 83.0 Å². The molecule has 2 amide bonds. The number of pyridine rings is 1. The molecular weight excluding hydrogens is 595 g/mol. The smallest absolute Gasteiger partial charge is 0.366 e. The highest BCUT2D eigenvalue weighted by Crippen LogP contribution is 2.37. The fraction of sp³-hybridized carbons (Fsp3) is 0.484. The first-order valence-corrected chi connectivity index (χ1v) is 15.9. The van der Waals surface area contributed by atoms with Crippen molar-refractivity contribution in [3.8, 4) is 0 Å². The highest BCUT2D eigenvalue weighted by molar-refractivity contribution is 7.89. The fourth-order valence-electron chi connectivity index (χ4n) is 5.58. The lowest BCUT2D eigenvalue weighted by atomic mass is 10.1. The number of aromatic nitrogens is 1. The molecule has 0 saturated carbocycles. The van der Waals surface area contributed by atoms with Gasteiger partial charge in [0.2, 0.25) is 15.6 Å². The summed E-state index contributed by atoms with van der Waals surface area (Å²) in [6.07, 6.45) is 0.276. The normalized spacial score (nSPS) is 17.1. The summed E-state index contributed by atoms with van der Waals surface area (Å²) in [5.41, 5.74) is -0.600. The average molecular weight is 638 g/mol. The molecule has 3 aromatic rings. The molecule has 2 atom stereocenters. The first-order valence-electron chi connectivity index (χ1n) is 14.4. The van der Waals surface area contributed by atoms with Gasteiger partial charge in [0, 0.05) is 60.6 Å². The number of rotatable bonds is 11. The Kier molecular flexibility index (Phi) is 11.5. The van der Waals surface area contributed by atoms with Crippen LogP contribution in [0.25, 0.3) is 10.9 Å². The highest BCUT2D eigenvalue weighted by atomic mass is 32.2. The number of nitrogens with one attached hydrogen (secondary N) is 3. The van der Waals surface area contributed by atoms with Crippen LogP contribution in [-0.2, 0) is 16.2 Å². The molecule has 0 unspecified atom stereocenters. The summed E-state index contributed by atoms with van der Waals surface area (Å²) in [7, 11) is -2.06. The molecule has 0 aliphatic carbocycles. The number of benzene rings is 2. The first kappa shape index (κ1) is 34.9. The van der Waals surface area contributed by atoms with Crippen molar-refractivity contribution in [2.75, 3.05) is 30.4 Å². The van der Waals surface area contributed by atoms with E-state index in [4.69, 9.17) is 0 Å². The molecule has 9 nitrogen and oxygen atoms in total. The maximum absolute atomic E-state index is 13.7. The van der Waals surface area contributed by atoms with Gasteiger partial charge in [-0.15, -0.1) is 0 Å². The van der Waals surface area contributed by atoms with Gasteiger partial charge in [0.05, 0.1) is 10.5 Å². The number of unbranched alkanes of at least 4 members (excludes halogenated alkanes) is 2. The lowest BCUT2D eigenvalue weighted by Gasteiger charge is -2.31. The molecule has 1 fully saturated rings. The van der Waals surface area contributed by atoms with Gasteiger partial charge in [0.1, 0.15) is 0 Å². The van der Waals surface area contributed by atoms with E-state index in [1.165, 1.54) is 40.7 Å². The van der Waals surface area contributed by atoms with Gasteiger partial charge in [0.15, 0.2) is 0 Å². The van der Waals surface area contributed by atoms with Crippen molar-refractivity contribution in [2.24, 2.45) is 0 Å². The Labute approximate surface area is 256 Å². The van der Waals surface area contributed by atoms with E-state index in [9.17, 15) is 31.2 Å². The number of carbonyl (C=O) groups is 1. The van der Waals surface area contributed by atoms with Crippen molar-refractivity contribution in [1.82, 2.24) is 14.6 Å². The van der Waals surface area contributed by atoms with Gasteiger partial charge in [-0.1, -0.05) is 27.2 Å². The van der Waals surface area contributed by atoms with Gasteiger partial charge in [-0.05, 0) is 75.1 Å². The van der Waals surface area contributed by atoms with Crippen LogP contribution in [0, 0.1) is 0 Å².